The Hall–Kier alpha value is -3.88. The van der Waals surface area contributed by atoms with Crippen molar-refractivity contribution in [2.24, 2.45) is 7.05 Å². The summed E-state index contributed by atoms with van der Waals surface area (Å²) < 4.78 is 15.1. The van der Waals surface area contributed by atoms with Crippen LogP contribution in [0.2, 0.25) is 0 Å². The molecule has 1 N–H and O–H groups in total. The normalized spacial score (nSPS) is 10.9. The third kappa shape index (κ3) is 3.06. The van der Waals surface area contributed by atoms with Gasteiger partial charge in [-0.2, -0.15) is 4.98 Å². The molecule has 0 fully saturated rings. The van der Waals surface area contributed by atoms with Crippen molar-refractivity contribution in [2.45, 2.75) is 0 Å². The number of fused-ring (bicyclic) bond motifs is 1. The molecule has 134 valence electrons. The smallest absolute Gasteiger partial charge is 0.358 e. The van der Waals surface area contributed by atoms with Crippen molar-refractivity contribution in [3.8, 4) is 11.3 Å². The van der Waals surface area contributed by atoms with Crippen molar-refractivity contribution in [3.05, 3.63) is 70.8 Å². The summed E-state index contributed by atoms with van der Waals surface area (Å²) in [6, 6.07) is 10.9. The Balaban J connectivity index is 1.86. The average molecular weight is 364 g/mol. The molecule has 0 aliphatic heterocycles. The maximum atomic E-state index is 13.3. The first-order valence-electron chi connectivity index (χ1n) is 7.98. The SMILES string of the molecule is Cn1ccc2c(-c3ccc(F)cc3)nc(Nc3cccnc3[N+](=O)[O-])nc21. The third-order valence-corrected chi connectivity index (χ3v) is 4.05. The van der Waals surface area contributed by atoms with E-state index in [1.54, 1.807) is 18.2 Å². The van der Waals surface area contributed by atoms with Gasteiger partial charge in [-0.15, -0.1) is 0 Å². The van der Waals surface area contributed by atoms with Gasteiger partial charge < -0.3 is 20.0 Å². The van der Waals surface area contributed by atoms with Crippen LogP contribution in [0.5, 0.6) is 0 Å². The number of hydrogen-bond donors (Lipinski definition) is 1. The number of benzene rings is 1. The van der Waals surface area contributed by atoms with Crippen LogP contribution in [0, 0.1) is 15.9 Å². The van der Waals surface area contributed by atoms with Gasteiger partial charge in [-0.25, -0.2) is 9.37 Å². The zero-order valence-electron chi connectivity index (χ0n) is 14.1. The largest absolute Gasteiger partial charge is 0.387 e. The minimum Gasteiger partial charge on any atom is -0.358 e. The quantitative estimate of drug-likeness (QED) is 0.436. The molecule has 8 nitrogen and oxygen atoms in total. The first-order valence-corrected chi connectivity index (χ1v) is 7.98. The minimum absolute atomic E-state index is 0.180. The van der Waals surface area contributed by atoms with Crippen molar-refractivity contribution in [1.82, 2.24) is 19.5 Å². The van der Waals surface area contributed by atoms with Crippen molar-refractivity contribution < 1.29 is 9.31 Å². The van der Waals surface area contributed by atoms with Gasteiger partial charge in [-0.3, -0.25) is 0 Å². The first kappa shape index (κ1) is 16.6. The Bertz CT molecular complexity index is 1160. The summed E-state index contributed by atoms with van der Waals surface area (Å²) in [5.41, 5.74) is 2.12. The van der Waals surface area contributed by atoms with E-state index in [9.17, 15) is 14.5 Å². The van der Waals surface area contributed by atoms with Gasteiger partial charge in [0.25, 0.3) is 0 Å². The summed E-state index contributed by atoms with van der Waals surface area (Å²) in [6.07, 6.45) is 3.18. The van der Waals surface area contributed by atoms with Gasteiger partial charge in [-0.1, -0.05) is 0 Å². The summed E-state index contributed by atoms with van der Waals surface area (Å²) in [5.74, 6) is -0.488. The standard InChI is InChI=1S/C18H13FN6O2/c1-24-10-8-13-15(11-4-6-12(19)7-5-11)22-18(23-16(13)24)21-14-3-2-9-20-17(14)25(26)27/h2-10H,1H3,(H,21,22,23). The van der Waals surface area contributed by atoms with Gasteiger partial charge in [0.2, 0.25) is 5.95 Å². The second-order valence-electron chi connectivity index (χ2n) is 5.82. The lowest BCUT2D eigenvalue weighted by Crippen LogP contribution is -2.04. The molecule has 27 heavy (non-hydrogen) atoms. The van der Waals surface area contributed by atoms with Crippen LogP contribution in [0.15, 0.2) is 54.9 Å². The summed E-state index contributed by atoms with van der Waals surface area (Å²) in [5, 5.41) is 14.8. The number of rotatable bonds is 4. The molecule has 0 spiro atoms. The van der Waals surface area contributed by atoms with E-state index < -0.39 is 4.92 Å². The molecule has 4 rings (SSSR count). The van der Waals surface area contributed by atoms with Crippen molar-refractivity contribution in [3.63, 3.8) is 0 Å². The molecule has 1 aromatic carbocycles. The number of nitrogens with one attached hydrogen (secondary N) is 1. The summed E-state index contributed by atoms with van der Waals surface area (Å²) in [6.45, 7) is 0. The predicted molar refractivity (Wildman–Crippen MR) is 98.1 cm³/mol. The van der Waals surface area contributed by atoms with Crippen LogP contribution < -0.4 is 5.32 Å². The molecule has 3 heterocycles. The second kappa shape index (κ2) is 6.45. The third-order valence-electron chi connectivity index (χ3n) is 4.05. The average Bonchev–Trinajstić information content (AvgIpc) is 3.03. The second-order valence-corrected chi connectivity index (χ2v) is 5.82. The predicted octanol–water partition coefficient (Wildman–Crippen LogP) is 3.82. The lowest BCUT2D eigenvalue weighted by Gasteiger charge is -2.09. The number of nitrogens with zero attached hydrogens (tertiary/aromatic N) is 5. The van der Waals surface area contributed by atoms with Crippen LogP contribution in [0.4, 0.5) is 21.8 Å². The Kier molecular flexibility index (Phi) is 3.96. The molecular formula is C18H13FN6O2. The monoisotopic (exact) mass is 364 g/mol. The molecule has 0 aliphatic carbocycles. The fraction of sp³-hybridized carbons (Fsp3) is 0.0556. The van der Waals surface area contributed by atoms with E-state index in [-0.39, 0.29) is 23.3 Å². The maximum Gasteiger partial charge on any atom is 0.387 e. The molecule has 0 saturated carbocycles. The molecule has 0 atom stereocenters. The molecule has 0 amide bonds. The van der Waals surface area contributed by atoms with Crippen LogP contribution >= 0.6 is 0 Å². The van der Waals surface area contributed by atoms with Crippen LogP contribution in [0.3, 0.4) is 0 Å². The van der Waals surface area contributed by atoms with E-state index in [0.29, 0.717) is 16.9 Å². The van der Waals surface area contributed by atoms with Gasteiger partial charge in [-0.05, 0) is 52.4 Å². The highest BCUT2D eigenvalue weighted by molar-refractivity contribution is 5.92. The highest BCUT2D eigenvalue weighted by Crippen LogP contribution is 2.30. The first-order chi connectivity index (χ1) is 13.0. The minimum atomic E-state index is -0.579. The maximum absolute atomic E-state index is 13.3. The van der Waals surface area contributed by atoms with E-state index in [1.165, 1.54) is 24.4 Å². The van der Waals surface area contributed by atoms with Crippen LogP contribution in [-0.2, 0) is 7.05 Å². The highest BCUT2D eigenvalue weighted by Gasteiger charge is 2.17. The number of hydrogen-bond acceptors (Lipinski definition) is 6. The number of aryl methyl sites for hydroxylation is 1. The summed E-state index contributed by atoms with van der Waals surface area (Å²) in [7, 11) is 1.83. The Morgan fingerprint density at radius 1 is 1.15 bits per heavy atom. The molecule has 4 aromatic rings. The van der Waals surface area contributed by atoms with Crippen LogP contribution in [0.25, 0.3) is 22.3 Å². The Labute approximate surface area is 152 Å². The van der Waals surface area contributed by atoms with Crippen molar-refractivity contribution >= 4 is 28.5 Å². The van der Waals surface area contributed by atoms with Crippen LogP contribution in [-0.4, -0.2) is 24.4 Å². The number of pyridine rings is 1. The number of nitro groups is 1. The molecule has 3 aromatic heterocycles. The number of anilines is 2. The Morgan fingerprint density at radius 3 is 2.67 bits per heavy atom. The lowest BCUT2D eigenvalue weighted by molar-refractivity contribution is -0.388. The van der Waals surface area contributed by atoms with E-state index in [0.717, 1.165) is 5.39 Å². The molecule has 0 unspecified atom stereocenters. The molecule has 0 aliphatic rings. The van der Waals surface area contributed by atoms with Gasteiger partial charge in [0.1, 0.15) is 23.3 Å². The van der Waals surface area contributed by atoms with E-state index in [2.05, 4.69) is 20.3 Å². The highest BCUT2D eigenvalue weighted by atomic mass is 19.1. The van der Waals surface area contributed by atoms with Crippen LogP contribution in [0.1, 0.15) is 0 Å². The fourth-order valence-electron chi connectivity index (χ4n) is 2.78. The topological polar surface area (TPSA) is 98.8 Å². The number of halogens is 1. The van der Waals surface area contributed by atoms with Gasteiger partial charge in [0.05, 0.1) is 5.69 Å². The van der Waals surface area contributed by atoms with Gasteiger partial charge in [0.15, 0.2) is 0 Å². The molecule has 0 bridgehead atoms. The molecule has 0 saturated heterocycles. The van der Waals surface area contributed by atoms with Gasteiger partial charge in [0, 0.05) is 24.2 Å². The molecular weight excluding hydrogens is 351 g/mol. The van der Waals surface area contributed by atoms with E-state index >= 15 is 0 Å². The number of aromatic nitrogens is 4. The summed E-state index contributed by atoms with van der Waals surface area (Å²) in [4.78, 5) is 23.3. The molecule has 0 radical (unpaired) electrons. The summed E-state index contributed by atoms with van der Waals surface area (Å²) >= 11 is 0. The zero-order chi connectivity index (χ0) is 19.0. The van der Waals surface area contributed by atoms with Crippen molar-refractivity contribution in [1.29, 1.82) is 0 Å². The van der Waals surface area contributed by atoms with Gasteiger partial charge >= 0.3 is 5.82 Å². The Morgan fingerprint density at radius 2 is 1.93 bits per heavy atom. The fourth-order valence-corrected chi connectivity index (χ4v) is 2.78. The van der Waals surface area contributed by atoms with E-state index in [1.807, 2.05) is 23.9 Å². The van der Waals surface area contributed by atoms with Crippen molar-refractivity contribution in [2.75, 3.05) is 5.32 Å². The van der Waals surface area contributed by atoms with E-state index in [4.69, 9.17) is 0 Å². The lowest BCUT2D eigenvalue weighted by atomic mass is 10.1. The zero-order valence-corrected chi connectivity index (χ0v) is 14.1. The molecule has 9 heteroatoms.